The maximum atomic E-state index is 14.6. The molecule has 5 rings (SSSR count). The topological polar surface area (TPSA) is 207 Å². The number of benzene rings is 3. The Morgan fingerprint density at radius 1 is 0.770 bits per heavy atom. The van der Waals surface area contributed by atoms with E-state index < -0.39 is 63.9 Å². The number of aliphatic hydroxyl groups is 1. The molecule has 1 aliphatic heterocycles. The number of rotatable bonds is 17. The molecule has 15 nitrogen and oxygen atoms in total. The highest BCUT2D eigenvalue weighted by atomic mass is 16.6. The number of hydrogen-bond donors (Lipinski definition) is 5. The number of amides is 5. The predicted molar refractivity (Wildman–Crippen MR) is 231 cm³/mol. The van der Waals surface area contributed by atoms with Crippen LogP contribution >= 0.6 is 0 Å². The molecule has 1 aliphatic rings. The van der Waals surface area contributed by atoms with Crippen LogP contribution in [0, 0.1) is 20.9 Å². The van der Waals surface area contributed by atoms with Gasteiger partial charge in [0.15, 0.2) is 0 Å². The van der Waals surface area contributed by atoms with E-state index in [0.717, 1.165) is 22.4 Å². The van der Waals surface area contributed by atoms with Crippen molar-refractivity contribution in [1.82, 2.24) is 30.7 Å². The Bertz CT molecular complexity index is 2120. The van der Waals surface area contributed by atoms with Gasteiger partial charge in [-0.05, 0) is 58.9 Å². The van der Waals surface area contributed by atoms with E-state index >= 15 is 0 Å². The van der Waals surface area contributed by atoms with Gasteiger partial charge in [-0.25, -0.2) is 9.59 Å². The summed E-state index contributed by atoms with van der Waals surface area (Å²) in [6, 6.07) is 24.7. The molecule has 0 bridgehead atoms. The summed E-state index contributed by atoms with van der Waals surface area (Å²) >= 11 is 0. The second-order valence-corrected chi connectivity index (χ2v) is 17.8. The number of carboxylic acid groups (broad SMARTS) is 1. The number of carbonyl (C=O) groups excluding carboxylic acids is 3. The summed E-state index contributed by atoms with van der Waals surface area (Å²) < 4.78 is 0. The largest absolute Gasteiger partial charge is 0.465 e. The molecule has 61 heavy (non-hydrogen) atoms. The van der Waals surface area contributed by atoms with E-state index in [0.29, 0.717) is 12.1 Å². The molecule has 3 aromatic carbocycles. The van der Waals surface area contributed by atoms with Crippen molar-refractivity contribution >= 4 is 29.6 Å². The van der Waals surface area contributed by atoms with Crippen LogP contribution in [0.15, 0.2) is 103 Å². The van der Waals surface area contributed by atoms with Gasteiger partial charge < -0.3 is 36.0 Å². The fourth-order valence-corrected chi connectivity index (χ4v) is 7.71. The number of aromatic nitrogens is 1. The molecule has 324 valence electrons. The molecule has 1 fully saturated rings. The molecule has 1 saturated heterocycles. The van der Waals surface area contributed by atoms with Crippen molar-refractivity contribution in [2.45, 2.75) is 97.6 Å². The van der Waals surface area contributed by atoms with E-state index in [2.05, 4.69) is 20.9 Å². The summed E-state index contributed by atoms with van der Waals surface area (Å²) in [7, 11) is 0. The summed E-state index contributed by atoms with van der Waals surface area (Å²) in [5.74, 6) is -1.01. The van der Waals surface area contributed by atoms with E-state index in [9.17, 15) is 39.5 Å². The second kappa shape index (κ2) is 19.8. The summed E-state index contributed by atoms with van der Waals surface area (Å²) in [5, 5.41) is 41.4. The molecule has 1 aromatic heterocycles. The highest BCUT2D eigenvalue weighted by molar-refractivity contribution is 5.89. The second-order valence-electron chi connectivity index (χ2n) is 17.8. The van der Waals surface area contributed by atoms with E-state index in [1.54, 1.807) is 44.0 Å². The zero-order valence-electron chi connectivity index (χ0n) is 35.6. The third-order valence-electron chi connectivity index (χ3n) is 10.8. The quantitative estimate of drug-likeness (QED) is 0.0606. The Hall–Kier alpha value is -6.35. The van der Waals surface area contributed by atoms with E-state index in [1.165, 1.54) is 17.0 Å². The molecule has 5 N–H and O–H groups in total. The van der Waals surface area contributed by atoms with Gasteiger partial charge in [-0.1, -0.05) is 114 Å². The predicted octanol–water partition coefficient (Wildman–Crippen LogP) is 6.20. The van der Waals surface area contributed by atoms with Crippen LogP contribution in [-0.4, -0.2) is 97.2 Å². The van der Waals surface area contributed by atoms with Crippen LogP contribution < -0.4 is 16.0 Å². The Labute approximate surface area is 356 Å². The Morgan fingerprint density at radius 2 is 1.39 bits per heavy atom. The van der Waals surface area contributed by atoms with Gasteiger partial charge in [0.25, 0.3) is 5.69 Å². The maximum Gasteiger partial charge on any atom is 0.405 e. The summed E-state index contributed by atoms with van der Waals surface area (Å²) in [6.45, 7) is 11.7. The molecule has 4 aromatic rings. The average molecular weight is 836 g/mol. The first-order valence-corrected chi connectivity index (χ1v) is 20.4. The number of urea groups is 1. The lowest BCUT2D eigenvalue weighted by Crippen LogP contribution is -2.59. The van der Waals surface area contributed by atoms with Crippen LogP contribution in [0.3, 0.4) is 0 Å². The minimum Gasteiger partial charge on any atom is -0.465 e. The summed E-state index contributed by atoms with van der Waals surface area (Å²) in [6.07, 6.45) is -0.350. The third-order valence-corrected chi connectivity index (χ3v) is 10.8. The average Bonchev–Trinajstić information content (AvgIpc) is 3.54. The van der Waals surface area contributed by atoms with Crippen molar-refractivity contribution in [2.75, 3.05) is 13.1 Å². The number of pyridine rings is 1. The zero-order chi connectivity index (χ0) is 44.5. The molecule has 0 saturated carbocycles. The van der Waals surface area contributed by atoms with Crippen molar-refractivity contribution in [3.63, 3.8) is 0 Å². The van der Waals surface area contributed by atoms with Crippen molar-refractivity contribution in [1.29, 1.82) is 0 Å². The summed E-state index contributed by atoms with van der Waals surface area (Å²) in [4.78, 5) is 72.4. The van der Waals surface area contributed by atoms with Crippen molar-refractivity contribution in [2.24, 2.45) is 10.8 Å². The Balaban J connectivity index is 1.40. The molecule has 5 atom stereocenters. The number of nitrogens with one attached hydrogen (secondary N) is 3. The normalized spacial score (nSPS) is 15.6. The number of non-ortho nitro benzene ring substituents is 1. The SMILES string of the molecule is CC(C)(C)[C@H](NC(=O)O)C(=O)N[C@@H](Cc1ccc(-c2ccccn2)cc1)C[C@H](O)[C@H](Cc1ccccc1)NC(=O)[C@@H](N1CCN(Cc2ccc([N+](=O)[O-])cc2)C1=O)C(C)(C)C. The number of carbonyl (C=O) groups is 4. The number of hydrogen-bond acceptors (Lipinski definition) is 8. The first kappa shape index (κ1) is 45.7. The van der Waals surface area contributed by atoms with Crippen LogP contribution in [0.2, 0.25) is 0 Å². The fraction of sp³-hybridized carbons (Fsp3) is 0.413. The minimum atomic E-state index is -1.35. The molecular weight excluding hydrogens is 779 g/mol. The molecule has 5 amide bonds. The van der Waals surface area contributed by atoms with Crippen molar-refractivity contribution in [3.8, 4) is 11.3 Å². The van der Waals surface area contributed by atoms with E-state index in [1.807, 2.05) is 93.6 Å². The lowest BCUT2D eigenvalue weighted by Gasteiger charge is -2.38. The lowest BCUT2D eigenvalue weighted by molar-refractivity contribution is -0.384. The van der Waals surface area contributed by atoms with Gasteiger partial charge in [0.05, 0.1) is 22.8 Å². The molecular formula is C46H57N7O8. The Morgan fingerprint density at radius 3 is 1.97 bits per heavy atom. The number of nitrogens with zero attached hydrogens (tertiary/aromatic N) is 4. The van der Waals surface area contributed by atoms with E-state index in [-0.39, 0.29) is 44.1 Å². The minimum absolute atomic E-state index is 0.0126. The van der Waals surface area contributed by atoms with Crippen LogP contribution in [-0.2, 0) is 29.0 Å². The highest BCUT2D eigenvalue weighted by Gasteiger charge is 2.44. The highest BCUT2D eigenvalue weighted by Crippen LogP contribution is 2.30. The maximum absolute atomic E-state index is 14.6. The van der Waals surface area contributed by atoms with Crippen molar-refractivity contribution < 1.29 is 34.3 Å². The van der Waals surface area contributed by atoms with E-state index in [4.69, 9.17) is 0 Å². The zero-order valence-corrected chi connectivity index (χ0v) is 35.6. The van der Waals surface area contributed by atoms with Gasteiger partial charge in [-0.2, -0.15) is 0 Å². The fourth-order valence-electron chi connectivity index (χ4n) is 7.71. The van der Waals surface area contributed by atoms with Crippen LogP contribution in [0.5, 0.6) is 0 Å². The van der Waals surface area contributed by atoms with Gasteiger partial charge in [-0.3, -0.25) is 24.7 Å². The first-order chi connectivity index (χ1) is 28.8. The van der Waals surface area contributed by atoms with Crippen LogP contribution in [0.4, 0.5) is 15.3 Å². The van der Waals surface area contributed by atoms with Gasteiger partial charge >= 0.3 is 12.1 Å². The number of nitro groups is 1. The van der Waals surface area contributed by atoms with Crippen LogP contribution in [0.1, 0.15) is 64.7 Å². The monoisotopic (exact) mass is 835 g/mol. The number of nitro benzene ring substituents is 1. The van der Waals surface area contributed by atoms with Gasteiger partial charge in [0, 0.05) is 49.6 Å². The standard InChI is InChI=1S/C46H57N7O8/c1-45(2,3)39(50-43(57)58)41(55)48-34(26-31-15-19-33(20-16-31)36-14-10-11-23-47-36)28-38(54)37(27-30-12-8-7-9-13-30)49-42(56)40(46(4,5)6)52-25-24-51(44(52)59)29-32-17-21-35(22-18-32)53(60)61/h7-23,34,37-40,50,54H,24-29H2,1-6H3,(H,48,55)(H,49,56)(H,57,58)/t34-,37-,38-,39+,40+/m0/s1. The molecule has 15 heteroatoms. The molecule has 0 unspecified atom stereocenters. The third kappa shape index (κ3) is 12.6. The van der Waals surface area contributed by atoms with Crippen LogP contribution in [0.25, 0.3) is 11.3 Å². The first-order valence-electron chi connectivity index (χ1n) is 20.4. The lowest BCUT2D eigenvalue weighted by atomic mass is 9.84. The van der Waals surface area contributed by atoms with Gasteiger partial charge in [-0.15, -0.1) is 0 Å². The summed E-state index contributed by atoms with van der Waals surface area (Å²) in [5.41, 5.74) is 2.52. The molecule has 0 aliphatic carbocycles. The number of aliphatic hydroxyl groups excluding tert-OH is 1. The molecule has 0 spiro atoms. The van der Waals surface area contributed by atoms with Gasteiger partial charge in [0.1, 0.15) is 12.1 Å². The molecule has 2 heterocycles. The van der Waals surface area contributed by atoms with Gasteiger partial charge in [0.2, 0.25) is 11.8 Å². The Kier molecular flexibility index (Phi) is 14.8. The molecule has 0 radical (unpaired) electrons. The smallest absolute Gasteiger partial charge is 0.405 e. The van der Waals surface area contributed by atoms with Crippen molar-refractivity contribution in [3.05, 3.63) is 130 Å².